The van der Waals surface area contributed by atoms with Crippen molar-refractivity contribution in [2.45, 2.75) is 75.9 Å². The molecule has 3 amide bonds. The van der Waals surface area contributed by atoms with E-state index in [0.29, 0.717) is 75.3 Å². The lowest BCUT2D eigenvalue weighted by atomic mass is 9.68. The molecule has 1 N–H and O–H groups in total. The van der Waals surface area contributed by atoms with Gasteiger partial charge in [0.2, 0.25) is 0 Å². The number of carbonyl (C=O) groups excluding carboxylic acids is 2. The maximum atomic E-state index is 14.7. The zero-order chi connectivity index (χ0) is 37.9. The van der Waals surface area contributed by atoms with Gasteiger partial charge < -0.3 is 28.7 Å². The number of carbonyl (C=O) groups is 2. The lowest BCUT2D eigenvalue weighted by molar-refractivity contribution is -0.00891. The Morgan fingerprint density at radius 3 is 2.70 bits per heavy atom. The van der Waals surface area contributed by atoms with E-state index in [1.807, 2.05) is 25.1 Å². The van der Waals surface area contributed by atoms with Gasteiger partial charge in [0.1, 0.15) is 15.7 Å². The van der Waals surface area contributed by atoms with Gasteiger partial charge in [0.25, 0.3) is 5.91 Å². The number of amides is 3. The number of rotatable bonds is 6. The fourth-order valence-electron chi connectivity index (χ4n) is 9.09. The molecule has 2 aromatic rings. The number of anilines is 1. The quantitative estimate of drug-likeness (QED) is 0.251. The minimum atomic E-state index is -3.51. The van der Waals surface area contributed by atoms with Crippen LogP contribution >= 0.6 is 11.6 Å². The van der Waals surface area contributed by atoms with Crippen LogP contribution in [0.2, 0.25) is 5.02 Å². The van der Waals surface area contributed by atoms with E-state index in [0.717, 1.165) is 55.9 Å². The number of halogens is 1. The summed E-state index contributed by atoms with van der Waals surface area (Å²) in [4.78, 5) is 31.7. The van der Waals surface area contributed by atoms with Crippen LogP contribution in [0.3, 0.4) is 0 Å². The van der Waals surface area contributed by atoms with Crippen LogP contribution < -0.4 is 14.4 Å². The molecule has 2 aliphatic carbocycles. The number of piperidine rings is 1. The van der Waals surface area contributed by atoms with Crippen LogP contribution in [0.15, 0.2) is 52.9 Å². The van der Waals surface area contributed by atoms with Crippen molar-refractivity contribution in [2.75, 3.05) is 70.9 Å². The smallest absolute Gasteiger partial charge is 0.329 e. The second kappa shape index (κ2) is 16.9. The van der Waals surface area contributed by atoms with Crippen molar-refractivity contribution in [1.82, 2.24) is 9.62 Å². The summed E-state index contributed by atoms with van der Waals surface area (Å²) in [5.74, 6) is 0.715. The SMILES string of the molecule is COCCOC1CCN(C(=O)NS2(=O)=NC(=O)c3ccc4c(c3)N(C[C@@H]3CC[C@H]3[C@@H](OC)/C=C/C[C@H](C)C2)C[C@@]2(CCCc3cc(Cl)ccc32)CO4)CC1. The van der Waals surface area contributed by atoms with Gasteiger partial charge in [-0.15, -0.1) is 4.36 Å². The van der Waals surface area contributed by atoms with Crippen molar-refractivity contribution in [3.05, 3.63) is 70.3 Å². The summed E-state index contributed by atoms with van der Waals surface area (Å²) in [5, 5.41) is 0.742. The predicted molar refractivity (Wildman–Crippen MR) is 211 cm³/mol. The van der Waals surface area contributed by atoms with Gasteiger partial charge in [-0.3, -0.25) is 9.52 Å². The van der Waals surface area contributed by atoms with Crippen LogP contribution in [0.1, 0.15) is 73.4 Å². The van der Waals surface area contributed by atoms with Crippen molar-refractivity contribution in [2.24, 2.45) is 22.1 Å². The molecule has 1 unspecified atom stereocenters. The first-order valence-electron chi connectivity index (χ1n) is 19.6. The van der Waals surface area contributed by atoms with E-state index in [1.54, 1.807) is 25.2 Å². The minimum Gasteiger partial charge on any atom is -0.490 e. The molecule has 3 aliphatic heterocycles. The van der Waals surface area contributed by atoms with Crippen molar-refractivity contribution < 1.29 is 32.7 Å². The van der Waals surface area contributed by atoms with Crippen LogP contribution in [-0.4, -0.2) is 99.2 Å². The van der Waals surface area contributed by atoms with E-state index in [1.165, 1.54) is 11.1 Å². The third-order valence-corrected chi connectivity index (χ3v) is 14.3. The number of ether oxygens (including phenoxy) is 4. The maximum Gasteiger partial charge on any atom is 0.329 e. The molecule has 2 fully saturated rings. The number of aryl methyl sites for hydroxylation is 1. The highest BCUT2D eigenvalue weighted by Gasteiger charge is 2.44. The molecule has 6 atom stereocenters. The van der Waals surface area contributed by atoms with Gasteiger partial charge in [0.05, 0.1) is 43.5 Å². The van der Waals surface area contributed by atoms with Gasteiger partial charge in [-0.25, -0.2) is 9.00 Å². The summed E-state index contributed by atoms with van der Waals surface area (Å²) >= 11 is 6.47. The number of allylic oxidation sites excluding steroid dienone is 1. The summed E-state index contributed by atoms with van der Waals surface area (Å²) in [7, 11) is -0.1000. The molecular weight excluding hydrogens is 728 g/mol. The van der Waals surface area contributed by atoms with Crippen molar-refractivity contribution >= 4 is 39.1 Å². The Morgan fingerprint density at radius 2 is 1.94 bits per heavy atom. The number of nitrogens with one attached hydrogen (secondary N) is 1. The van der Waals surface area contributed by atoms with Gasteiger partial charge in [-0.1, -0.05) is 36.7 Å². The van der Waals surface area contributed by atoms with Crippen LogP contribution in [0.25, 0.3) is 0 Å². The van der Waals surface area contributed by atoms with Gasteiger partial charge in [-0.05, 0) is 111 Å². The molecule has 294 valence electrons. The van der Waals surface area contributed by atoms with Crippen molar-refractivity contribution in [1.29, 1.82) is 0 Å². The zero-order valence-corrected chi connectivity index (χ0v) is 33.4. The summed E-state index contributed by atoms with van der Waals surface area (Å²) in [5.41, 5.74) is 3.43. The minimum absolute atomic E-state index is 0.0290. The largest absolute Gasteiger partial charge is 0.490 e. The first-order chi connectivity index (χ1) is 26.1. The Balaban J connectivity index is 1.21. The molecule has 7 rings (SSSR count). The van der Waals surface area contributed by atoms with Gasteiger partial charge >= 0.3 is 6.03 Å². The first-order valence-corrected chi connectivity index (χ1v) is 21.6. The van der Waals surface area contributed by atoms with Gasteiger partial charge in [0.15, 0.2) is 0 Å². The van der Waals surface area contributed by atoms with Gasteiger partial charge in [0, 0.05) is 56.4 Å². The van der Waals surface area contributed by atoms with Crippen LogP contribution in [0.4, 0.5) is 10.5 Å². The van der Waals surface area contributed by atoms with E-state index in [2.05, 4.69) is 38.3 Å². The zero-order valence-electron chi connectivity index (χ0n) is 31.8. The number of likely N-dealkylation sites (tertiary alicyclic amines) is 1. The standard InChI is InChI=1S/C41H55ClN4O7S/c1-28-6-4-8-37(51-3)34-12-9-31(34)24-46-26-41(17-5-7-29-22-32(42)11-13-35(29)41)27-53-38-14-10-30(23-36(38)46)39(47)43-54(49,25-28)44-40(48)45-18-15-33(16-19-45)52-21-20-50-2/h4,8,10-11,13-14,22-23,28,31,33-34,37H,5-7,9,12,15-21,24-27H2,1-3H3,(H,43,44,47,48,49)/b8-4+/t28-,31-,34+,37-,41-,54?/m0/s1. The molecular formula is C41H55ClN4O7S. The predicted octanol–water partition coefficient (Wildman–Crippen LogP) is 6.81. The Hall–Kier alpha value is -3.16. The molecule has 13 heteroatoms. The van der Waals surface area contributed by atoms with Crippen LogP contribution in [0, 0.1) is 17.8 Å². The average Bonchev–Trinajstić information content (AvgIpc) is 3.29. The number of nitrogens with zero attached hydrogens (tertiary/aromatic N) is 3. The number of methoxy groups -OCH3 is 2. The molecule has 1 spiro atoms. The highest BCUT2D eigenvalue weighted by Crippen LogP contribution is 2.47. The Kier molecular flexibility index (Phi) is 12.2. The highest BCUT2D eigenvalue weighted by molar-refractivity contribution is 7.92. The highest BCUT2D eigenvalue weighted by atomic mass is 35.5. The van der Waals surface area contributed by atoms with E-state index in [9.17, 15) is 13.8 Å². The molecule has 54 heavy (non-hydrogen) atoms. The lowest BCUT2D eigenvalue weighted by Gasteiger charge is -2.46. The molecule has 3 heterocycles. The number of urea groups is 1. The Morgan fingerprint density at radius 1 is 1.11 bits per heavy atom. The first kappa shape index (κ1) is 39.1. The number of fused-ring (bicyclic) bond motifs is 4. The van der Waals surface area contributed by atoms with E-state index < -0.39 is 21.9 Å². The number of hydrogen-bond acceptors (Lipinski definition) is 8. The Labute approximate surface area is 325 Å². The summed E-state index contributed by atoms with van der Waals surface area (Å²) in [6, 6.07) is 11.2. The third kappa shape index (κ3) is 8.63. The molecule has 1 saturated heterocycles. The van der Waals surface area contributed by atoms with Crippen LogP contribution in [0.5, 0.6) is 5.75 Å². The second-order valence-corrected chi connectivity index (χ2v) is 18.4. The van der Waals surface area contributed by atoms with E-state index in [-0.39, 0.29) is 29.3 Å². The van der Waals surface area contributed by atoms with E-state index >= 15 is 0 Å². The van der Waals surface area contributed by atoms with Crippen molar-refractivity contribution in [3.8, 4) is 5.75 Å². The molecule has 2 bridgehead atoms. The molecule has 11 nitrogen and oxygen atoms in total. The maximum absolute atomic E-state index is 14.7. The third-order valence-electron chi connectivity index (χ3n) is 12.1. The number of hydrogen-bond donors (Lipinski definition) is 1. The molecule has 0 radical (unpaired) electrons. The summed E-state index contributed by atoms with van der Waals surface area (Å²) in [6.45, 7) is 5.90. The normalized spacial score (nSPS) is 30.9. The lowest BCUT2D eigenvalue weighted by Crippen LogP contribution is -2.49. The topological polar surface area (TPSA) is 119 Å². The molecule has 1 saturated carbocycles. The number of benzene rings is 2. The van der Waals surface area contributed by atoms with Gasteiger partial charge in [-0.2, -0.15) is 0 Å². The fraction of sp³-hybridized carbons (Fsp3) is 0.610. The summed E-state index contributed by atoms with van der Waals surface area (Å²) in [6.07, 6.45) is 11.3. The van der Waals surface area contributed by atoms with E-state index in [4.69, 9.17) is 30.5 Å². The molecule has 5 aliphatic rings. The van der Waals surface area contributed by atoms with Crippen LogP contribution in [-0.2, 0) is 36.0 Å². The molecule has 0 aromatic heterocycles. The summed E-state index contributed by atoms with van der Waals surface area (Å²) < 4.78 is 45.4. The molecule has 2 aromatic carbocycles. The second-order valence-electron chi connectivity index (χ2n) is 15.9. The Bertz CT molecular complexity index is 1840. The monoisotopic (exact) mass is 782 g/mol. The van der Waals surface area contributed by atoms with Crippen molar-refractivity contribution in [3.63, 3.8) is 0 Å². The fourth-order valence-corrected chi connectivity index (χ4v) is 11.2. The average molecular weight is 783 g/mol.